The molecule has 0 radical (unpaired) electrons. The summed E-state index contributed by atoms with van der Waals surface area (Å²) in [5.41, 5.74) is 11.7. The highest BCUT2D eigenvalue weighted by molar-refractivity contribution is 6.79. The maximum Gasteiger partial charge on any atom is 0.733 e. The van der Waals surface area contributed by atoms with Gasteiger partial charge in [-0.1, -0.05) is 146 Å². The van der Waals surface area contributed by atoms with E-state index in [0.717, 1.165) is 22.9 Å². The van der Waals surface area contributed by atoms with E-state index in [2.05, 4.69) is 168 Å². The van der Waals surface area contributed by atoms with Crippen LogP contribution in [0, 0.1) is 0 Å². The number of hydrogen-bond acceptors (Lipinski definition) is 4. The minimum Gasteiger partial charge on any atom is -0.477 e. The smallest absolute Gasteiger partial charge is 0.477 e. The van der Waals surface area contributed by atoms with Crippen molar-refractivity contribution in [1.29, 1.82) is 0 Å². The van der Waals surface area contributed by atoms with Crippen LogP contribution in [0.25, 0.3) is 0 Å². The zero-order valence-electron chi connectivity index (χ0n) is 32.4. The van der Waals surface area contributed by atoms with E-state index in [0.29, 0.717) is 11.8 Å². The normalized spacial score (nSPS) is 18.3. The second-order valence-electron chi connectivity index (χ2n) is 17.2. The van der Waals surface area contributed by atoms with Crippen LogP contribution in [0.2, 0.25) is 0 Å². The third kappa shape index (κ3) is 6.01. The van der Waals surface area contributed by atoms with Crippen molar-refractivity contribution in [3.05, 3.63) is 106 Å². The molecule has 2 aliphatic rings. The first-order chi connectivity index (χ1) is 22.2. The third-order valence-electron chi connectivity index (χ3n) is 9.92. The SMILES string of the molecule is C=C1C=C(C)N(c2c(C(C)C)cccc2C(C)C)[Si]2(Oc3cc(C(C)(C)C)cc(C(C)(C)C)c3O2)N1c1c(C(C)C)cccc1C(C)C. The summed E-state index contributed by atoms with van der Waals surface area (Å²) in [6.45, 7) is 39.0. The quantitative estimate of drug-likeness (QED) is 0.245. The standard InChI is InChI=1S/C43H60N2O2Si/c1-26(2)33-19-17-20-34(27(3)4)39(33)44-30(9)23-31(10)45(40-35(28(5)6)21-18-22-36(40)29(7)8)48(44)46-38-25-32(42(11,12)13)24-37(41(38)47-48)43(14,15)16/h17-29H,9H2,1-8,10-16H3. The molecule has 5 heteroatoms. The molecule has 3 aromatic rings. The number of anilines is 2. The Hall–Kier alpha value is -3.44. The van der Waals surface area contributed by atoms with Gasteiger partial charge in [0.25, 0.3) is 0 Å². The van der Waals surface area contributed by atoms with Gasteiger partial charge >= 0.3 is 8.88 Å². The molecule has 0 fully saturated rings. The molecule has 0 saturated heterocycles. The molecule has 1 atom stereocenters. The molecule has 0 aliphatic carbocycles. The van der Waals surface area contributed by atoms with E-state index >= 15 is 0 Å². The van der Waals surface area contributed by atoms with E-state index < -0.39 is 8.88 Å². The Morgan fingerprint density at radius 1 is 0.625 bits per heavy atom. The Morgan fingerprint density at radius 3 is 1.46 bits per heavy atom. The third-order valence-corrected chi connectivity index (χ3v) is 13.1. The fourth-order valence-electron chi connectivity index (χ4n) is 7.27. The molecule has 0 saturated carbocycles. The van der Waals surface area contributed by atoms with Crippen molar-refractivity contribution in [3.8, 4) is 11.5 Å². The minimum atomic E-state index is -3.69. The molecule has 4 nitrogen and oxygen atoms in total. The molecule has 48 heavy (non-hydrogen) atoms. The second-order valence-corrected chi connectivity index (χ2v) is 19.6. The molecule has 0 amide bonds. The van der Waals surface area contributed by atoms with Gasteiger partial charge in [-0.05, 0) is 81.4 Å². The van der Waals surface area contributed by atoms with Crippen LogP contribution < -0.4 is 18.0 Å². The van der Waals surface area contributed by atoms with E-state index in [9.17, 15) is 0 Å². The highest BCUT2D eigenvalue weighted by atomic mass is 28.4. The lowest BCUT2D eigenvalue weighted by Crippen LogP contribution is -2.74. The van der Waals surface area contributed by atoms with Gasteiger partial charge < -0.3 is 8.85 Å². The van der Waals surface area contributed by atoms with Gasteiger partial charge in [-0.2, -0.15) is 0 Å². The maximum absolute atomic E-state index is 7.74. The molecule has 0 N–H and O–H groups in total. The largest absolute Gasteiger partial charge is 0.733 e. The number of benzene rings is 3. The average molecular weight is 665 g/mol. The predicted octanol–water partition coefficient (Wildman–Crippen LogP) is 12.4. The van der Waals surface area contributed by atoms with Crippen molar-refractivity contribution in [2.75, 3.05) is 9.13 Å². The van der Waals surface area contributed by atoms with Crippen LogP contribution in [-0.2, 0) is 10.8 Å². The van der Waals surface area contributed by atoms with Crippen molar-refractivity contribution in [3.63, 3.8) is 0 Å². The Morgan fingerprint density at radius 2 is 1.06 bits per heavy atom. The van der Waals surface area contributed by atoms with Gasteiger partial charge in [-0.15, -0.1) is 0 Å². The lowest BCUT2D eigenvalue weighted by molar-refractivity contribution is 0.435. The monoisotopic (exact) mass is 664 g/mol. The van der Waals surface area contributed by atoms with Crippen molar-refractivity contribution in [2.24, 2.45) is 0 Å². The lowest BCUT2D eigenvalue weighted by atomic mass is 9.80. The minimum absolute atomic E-state index is 0.0643. The molecule has 258 valence electrons. The van der Waals surface area contributed by atoms with Crippen LogP contribution in [0.5, 0.6) is 11.5 Å². The van der Waals surface area contributed by atoms with E-state index in [1.54, 1.807) is 0 Å². The summed E-state index contributed by atoms with van der Waals surface area (Å²) in [6.07, 6.45) is 2.24. The van der Waals surface area contributed by atoms with Crippen LogP contribution in [0.15, 0.2) is 72.6 Å². The fraction of sp³-hybridized carbons (Fsp3) is 0.488. The maximum atomic E-state index is 7.74. The average Bonchev–Trinajstić information content (AvgIpc) is 3.33. The van der Waals surface area contributed by atoms with Crippen LogP contribution in [0.1, 0.15) is 161 Å². The van der Waals surface area contributed by atoms with Crippen molar-refractivity contribution < 1.29 is 8.85 Å². The molecule has 2 aliphatic heterocycles. The molecule has 1 unspecified atom stereocenters. The first kappa shape index (κ1) is 35.9. The van der Waals surface area contributed by atoms with E-state index in [4.69, 9.17) is 15.4 Å². The van der Waals surface area contributed by atoms with Gasteiger partial charge in [0.05, 0.1) is 0 Å². The van der Waals surface area contributed by atoms with Gasteiger partial charge in [-0.25, -0.2) is 0 Å². The molecule has 5 rings (SSSR count). The summed E-state index contributed by atoms with van der Waals surface area (Å²) in [6, 6.07) is 18.1. The Balaban J connectivity index is 1.97. The van der Waals surface area contributed by atoms with E-state index in [1.165, 1.54) is 44.8 Å². The molecule has 0 aromatic heterocycles. The summed E-state index contributed by atoms with van der Waals surface area (Å²) in [4.78, 5) is 0. The van der Waals surface area contributed by atoms with Gasteiger partial charge in [0, 0.05) is 28.3 Å². The zero-order valence-corrected chi connectivity index (χ0v) is 33.4. The molecular weight excluding hydrogens is 605 g/mol. The lowest BCUT2D eigenvalue weighted by Gasteiger charge is -2.49. The molecule has 1 spiro atoms. The summed E-state index contributed by atoms with van der Waals surface area (Å²) in [5, 5.41) is 0. The Bertz CT molecular complexity index is 1700. The number of nitrogens with zero attached hydrogens (tertiary/aromatic N) is 2. The van der Waals surface area contributed by atoms with Crippen LogP contribution in [-0.4, -0.2) is 8.88 Å². The number of para-hydroxylation sites is 2. The predicted molar refractivity (Wildman–Crippen MR) is 208 cm³/mol. The van der Waals surface area contributed by atoms with E-state index in [1.807, 2.05) is 0 Å². The number of fused-ring (bicyclic) bond motifs is 1. The molecular formula is C43H60N2O2Si. The van der Waals surface area contributed by atoms with Crippen LogP contribution in [0.4, 0.5) is 11.4 Å². The number of hydrogen-bond donors (Lipinski definition) is 0. The summed E-state index contributed by atoms with van der Waals surface area (Å²) in [5.74, 6) is 2.86. The van der Waals surface area contributed by atoms with Crippen molar-refractivity contribution in [1.82, 2.24) is 0 Å². The highest BCUT2D eigenvalue weighted by Gasteiger charge is 2.67. The Kier molecular flexibility index (Phi) is 9.31. The second kappa shape index (κ2) is 12.5. The summed E-state index contributed by atoms with van der Waals surface area (Å²) in [7, 11) is -3.69. The highest BCUT2D eigenvalue weighted by Crippen LogP contribution is 2.55. The summed E-state index contributed by atoms with van der Waals surface area (Å²) < 4.78 is 20.3. The zero-order chi connectivity index (χ0) is 35.7. The number of rotatable bonds is 6. The number of allylic oxidation sites excluding steroid dienone is 2. The fourth-order valence-corrected chi connectivity index (χ4v) is 10.8. The van der Waals surface area contributed by atoms with Gasteiger partial charge in [0.2, 0.25) is 0 Å². The molecule has 2 heterocycles. The Labute approximate surface area is 293 Å². The van der Waals surface area contributed by atoms with Crippen molar-refractivity contribution >= 4 is 20.3 Å². The first-order valence-corrected chi connectivity index (χ1v) is 19.7. The van der Waals surface area contributed by atoms with Gasteiger partial charge in [-0.3, -0.25) is 9.13 Å². The summed E-state index contributed by atoms with van der Waals surface area (Å²) >= 11 is 0. The van der Waals surface area contributed by atoms with Crippen molar-refractivity contribution in [2.45, 2.75) is 138 Å². The van der Waals surface area contributed by atoms with E-state index in [-0.39, 0.29) is 22.7 Å². The molecule has 0 bridgehead atoms. The van der Waals surface area contributed by atoms with Crippen LogP contribution >= 0.6 is 0 Å². The first-order valence-electron chi connectivity index (χ1n) is 18.0. The van der Waals surface area contributed by atoms with Gasteiger partial charge in [0.1, 0.15) is 0 Å². The van der Waals surface area contributed by atoms with Gasteiger partial charge in [0.15, 0.2) is 11.5 Å². The molecule has 3 aromatic carbocycles. The topological polar surface area (TPSA) is 24.9 Å². The van der Waals surface area contributed by atoms with Crippen LogP contribution in [0.3, 0.4) is 0 Å².